The van der Waals surface area contributed by atoms with Crippen LogP contribution in [0.5, 0.6) is 0 Å². The molecule has 3 rings (SSSR count). The Morgan fingerprint density at radius 1 is 1.19 bits per heavy atom. The van der Waals surface area contributed by atoms with Crippen LogP contribution < -0.4 is 4.90 Å². The second-order valence-corrected chi connectivity index (χ2v) is 7.32. The molecule has 7 heteroatoms. The molecule has 0 saturated heterocycles. The number of halogens is 1. The number of nitrogens with zero attached hydrogens (tertiary/aromatic N) is 2. The number of amidine groups is 1. The summed E-state index contributed by atoms with van der Waals surface area (Å²) < 4.78 is 12.2. The van der Waals surface area contributed by atoms with E-state index >= 15 is 0 Å². The molecule has 1 aliphatic heterocycles. The molecule has 0 radical (unpaired) electrons. The number of amides is 1. The van der Waals surface area contributed by atoms with E-state index in [1.807, 2.05) is 11.8 Å². The molecular formula is C19H17FN2O3S. The summed E-state index contributed by atoms with van der Waals surface area (Å²) in [6.07, 6.45) is 0. The summed E-state index contributed by atoms with van der Waals surface area (Å²) in [5, 5.41) is 9.56. The van der Waals surface area contributed by atoms with Crippen molar-refractivity contribution in [3.05, 3.63) is 65.5 Å². The van der Waals surface area contributed by atoms with Crippen molar-refractivity contribution in [2.75, 3.05) is 11.4 Å². The number of aromatic carboxylic acids is 1. The fourth-order valence-corrected chi connectivity index (χ4v) is 3.95. The standard InChI is InChI=1S/C19H17FN2O3S/c1-3-22(15-10-8-14(20)9-11-15)18-21-17(25)19(2,26-18)13-6-4-12(5-7-13)16(23)24/h4-11H,3H2,1-2H3,(H,23,24). The zero-order valence-corrected chi connectivity index (χ0v) is 15.1. The molecule has 1 N–H and O–H groups in total. The van der Waals surface area contributed by atoms with Crippen LogP contribution in [0, 0.1) is 5.82 Å². The Bertz CT molecular complexity index is 881. The lowest BCUT2D eigenvalue weighted by atomic mass is 9.98. The van der Waals surface area contributed by atoms with E-state index in [0.717, 1.165) is 5.69 Å². The van der Waals surface area contributed by atoms with Gasteiger partial charge in [-0.05, 0) is 55.8 Å². The summed E-state index contributed by atoms with van der Waals surface area (Å²) in [6.45, 7) is 4.26. The molecule has 0 bridgehead atoms. The predicted molar refractivity (Wildman–Crippen MR) is 100 cm³/mol. The molecule has 134 valence electrons. The highest BCUT2D eigenvalue weighted by Gasteiger charge is 2.44. The fourth-order valence-electron chi connectivity index (χ4n) is 2.72. The van der Waals surface area contributed by atoms with Gasteiger partial charge < -0.3 is 10.0 Å². The molecule has 1 amide bonds. The predicted octanol–water partition coefficient (Wildman–Crippen LogP) is 3.90. The van der Waals surface area contributed by atoms with Crippen LogP contribution in [-0.4, -0.2) is 28.7 Å². The van der Waals surface area contributed by atoms with Crippen molar-refractivity contribution in [3.8, 4) is 0 Å². The Hall–Kier alpha value is -2.67. The average molecular weight is 372 g/mol. The third-order valence-corrected chi connectivity index (χ3v) is 5.58. The van der Waals surface area contributed by atoms with Crippen LogP contribution in [0.15, 0.2) is 53.5 Å². The number of carbonyl (C=O) groups excluding carboxylic acids is 1. The molecule has 2 aromatic rings. The van der Waals surface area contributed by atoms with Gasteiger partial charge in [-0.1, -0.05) is 23.9 Å². The van der Waals surface area contributed by atoms with Gasteiger partial charge in [0.25, 0.3) is 5.91 Å². The minimum absolute atomic E-state index is 0.162. The lowest BCUT2D eigenvalue weighted by Gasteiger charge is -2.25. The number of benzene rings is 2. The van der Waals surface area contributed by atoms with E-state index in [1.165, 1.54) is 36.0 Å². The summed E-state index contributed by atoms with van der Waals surface area (Å²) in [5.74, 6) is -1.65. The number of hydrogen-bond donors (Lipinski definition) is 1. The monoisotopic (exact) mass is 372 g/mol. The number of rotatable bonds is 4. The third-order valence-electron chi connectivity index (χ3n) is 4.27. The van der Waals surface area contributed by atoms with Gasteiger partial charge in [-0.15, -0.1) is 0 Å². The van der Waals surface area contributed by atoms with Crippen molar-refractivity contribution >= 4 is 34.5 Å². The summed E-state index contributed by atoms with van der Waals surface area (Å²) in [7, 11) is 0. The molecule has 2 aromatic carbocycles. The number of hydrogen-bond acceptors (Lipinski definition) is 4. The first kappa shape index (κ1) is 18.1. The van der Waals surface area contributed by atoms with Gasteiger partial charge in [0.05, 0.1) is 5.56 Å². The highest BCUT2D eigenvalue weighted by atomic mass is 32.2. The maximum atomic E-state index is 13.2. The van der Waals surface area contributed by atoms with E-state index in [-0.39, 0.29) is 17.3 Å². The summed E-state index contributed by atoms with van der Waals surface area (Å²) in [5.41, 5.74) is 1.60. The van der Waals surface area contributed by atoms with Gasteiger partial charge in [-0.2, -0.15) is 4.99 Å². The van der Waals surface area contributed by atoms with E-state index in [1.54, 1.807) is 31.2 Å². The van der Waals surface area contributed by atoms with Gasteiger partial charge >= 0.3 is 5.97 Å². The lowest BCUT2D eigenvalue weighted by Crippen LogP contribution is -2.29. The fraction of sp³-hybridized carbons (Fsp3) is 0.211. The maximum Gasteiger partial charge on any atom is 0.335 e. The van der Waals surface area contributed by atoms with Crippen molar-refractivity contribution in [1.82, 2.24) is 0 Å². The molecule has 0 aromatic heterocycles. The molecular weight excluding hydrogens is 355 g/mol. The van der Waals surface area contributed by atoms with E-state index in [4.69, 9.17) is 5.11 Å². The Morgan fingerprint density at radius 2 is 1.81 bits per heavy atom. The third kappa shape index (κ3) is 3.22. The van der Waals surface area contributed by atoms with Crippen LogP contribution >= 0.6 is 11.8 Å². The van der Waals surface area contributed by atoms with Crippen LogP contribution in [0.3, 0.4) is 0 Å². The number of carboxylic acids is 1. The van der Waals surface area contributed by atoms with Crippen molar-refractivity contribution in [1.29, 1.82) is 0 Å². The van der Waals surface area contributed by atoms with Crippen molar-refractivity contribution in [2.24, 2.45) is 4.99 Å². The number of carboxylic acid groups (broad SMARTS) is 1. The first-order chi connectivity index (χ1) is 12.3. The Balaban J connectivity index is 1.89. The van der Waals surface area contributed by atoms with Crippen LogP contribution in [0.1, 0.15) is 29.8 Å². The van der Waals surface area contributed by atoms with Crippen LogP contribution in [0.2, 0.25) is 0 Å². The van der Waals surface area contributed by atoms with Gasteiger partial charge in [-0.25, -0.2) is 9.18 Å². The van der Waals surface area contributed by atoms with Crippen molar-refractivity contribution in [2.45, 2.75) is 18.6 Å². The lowest BCUT2D eigenvalue weighted by molar-refractivity contribution is -0.119. The van der Waals surface area contributed by atoms with Crippen LogP contribution in [0.25, 0.3) is 0 Å². The Labute approximate surface area is 154 Å². The molecule has 0 aliphatic carbocycles. The van der Waals surface area contributed by atoms with Gasteiger partial charge in [-0.3, -0.25) is 4.79 Å². The maximum absolute atomic E-state index is 13.2. The van der Waals surface area contributed by atoms with Gasteiger partial charge in [0, 0.05) is 12.2 Å². The normalized spacial score (nSPS) is 19.3. The molecule has 1 aliphatic rings. The first-order valence-corrected chi connectivity index (χ1v) is 8.86. The Kier molecular flexibility index (Phi) is 4.82. The van der Waals surface area contributed by atoms with E-state index in [9.17, 15) is 14.0 Å². The zero-order chi connectivity index (χ0) is 18.9. The second-order valence-electron chi connectivity index (χ2n) is 5.94. The first-order valence-electron chi connectivity index (χ1n) is 8.04. The minimum atomic E-state index is -1.02. The smallest absolute Gasteiger partial charge is 0.335 e. The summed E-state index contributed by atoms with van der Waals surface area (Å²) >= 11 is 1.31. The van der Waals surface area contributed by atoms with E-state index < -0.39 is 10.7 Å². The molecule has 0 fully saturated rings. The van der Waals surface area contributed by atoms with E-state index in [0.29, 0.717) is 17.3 Å². The molecule has 0 saturated carbocycles. The SMILES string of the molecule is CCN(C1=NC(=O)C(C)(c2ccc(C(=O)O)cc2)S1)c1ccc(F)cc1. The molecule has 26 heavy (non-hydrogen) atoms. The second kappa shape index (κ2) is 6.92. The zero-order valence-electron chi connectivity index (χ0n) is 14.3. The quantitative estimate of drug-likeness (QED) is 0.882. The molecule has 0 spiro atoms. The van der Waals surface area contributed by atoms with E-state index in [2.05, 4.69) is 4.99 Å². The number of aliphatic imine (C=N–C) groups is 1. The van der Waals surface area contributed by atoms with Gasteiger partial charge in [0.2, 0.25) is 0 Å². The number of thioether (sulfide) groups is 1. The molecule has 5 nitrogen and oxygen atoms in total. The highest BCUT2D eigenvalue weighted by Crippen LogP contribution is 2.44. The molecule has 1 heterocycles. The molecule has 1 atom stereocenters. The minimum Gasteiger partial charge on any atom is -0.478 e. The van der Waals surface area contributed by atoms with Crippen molar-refractivity contribution < 1.29 is 19.1 Å². The topological polar surface area (TPSA) is 70.0 Å². The number of anilines is 1. The Morgan fingerprint density at radius 3 is 2.35 bits per heavy atom. The highest BCUT2D eigenvalue weighted by molar-refractivity contribution is 8.16. The molecule has 1 unspecified atom stereocenters. The van der Waals surface area contributed by atoms with Gasteiger partial charge in [0.1, 0.15) is 10.6 Å². The summed E-state index contributed by atoms with van der Waals surface area (Å²) in [4.78, 5) is 29.7. The van der Waals surface area contributed by atoms with Crippen molar-refractivity contribution in [3.63, 3.8) is 0 Å². The average Bonchev–Trinajstić information content (AvgIpc) is 2.93. The van der Waals surface area contributed by atoms with Gasteiger partial charge in [0.15, 0.2) is 5.17 Å². The van der Waals surface area contributed by atoms with Crippen LogP contribution in [-0.2, 0) is 9.54 Å². The summed E-state index contributed by atoms with van der Waals surface area (Å²) in [6, 6.07) is 12.3. The largest absolute Gasteiger partial charge is 0.478 e. The van der Waals surface area contributed by atoms with Crippen LogP contribution in [0.4, 0.5) is 10.1 Å². The number of carbonyl (C=O) groups is 2.